The summed E-state index contributed by atoms with van der Waals surface area (Å²) in [5.74, 6) is 1.92. The van der Waals surface area contributed by atoms with E-state index in [-0.39, 0.29) is 6.04 Å². The van der Waals surface area contributed by atoms with Gasteiger partial charge >= 0.3 is 0 Å². The summed E-state index contributed by atoms with van der Waals surface area (Å²) in [5.41, 5.74) is 3.19. The minimum Gasteiger partial charge on any atom is -0.497 e. The van der Waals surface area contributed by atoms with E-state index in [1.165, 1.54) is 12.0 Å². The van der Waals surface area contributed by atoms with Crippen LogP contribution >= 0.6 is 0 Å². The fraction of sp³-hybridized carbons (Fsp3) is 0.370. The zero-order chi connectivity index (χ0) is 21.4. The highest BCUT2D eigenvalue weighted by molar-refractivity contribution is 5.83. The summed E-state index contributed by atoms with van der Waals surface area (Å²) in [4.78, 5) is 4.52. The molecule has 6 rings (SSSR count). The van der Waals surface area contributed by atoms with Gasteiger partial charge in [-0.1, -0.05) is 36.4 Å². The number of methoxy groups -OCH3 is 1. The van der Waals surface area contributed by atoms with E-state index in [1.807, 2.05) is 30.5 Å². The average Bonchev–Trinajstić information content (AvgIpc) is 2.83. The monoisotopic (exact) mass is 415 g/mol. The molecule has 0 saturated carbocycles. The van der Waals surface area contributed by atoms with E-state index in [2.05, 4.69) is 48.0 Å². The first kappa shape index (κ1) is 20.2. The average molecular weight is 416 g/mol. The fourth-order valence-corrected chi connectivity index (χ4v) is 6.07. The third-order valence-corrected chi connectivity index (χ3v) is 7.68. The summed E-state index contributed by atoms with van der Waals surface area (Å²) < 4.78 is 6.38. The van der Waals surface area contributed by atoms with Crippen molar-refractivity contribution >= 4 is 10.9 Å². The minimum atomic E-state index is -0.546. The fourth-order valence-electron chi connectivity index (χ4n) is 6.07. The van der Waals surface area contributed by atoms with Gasteiger partial charge in [-0.2, -0.15) is 0 Å². The Morgan fingerprint density at radius 3 is 2.84 bits per heavy atom. The highest BCUT2D eigenvalue weighted by Crippen LogP contribution is 2.48. The van der Waals surface area contributed by atoms with Gasteiger partial charge in [0.15, 0.2) is 0 Å². The number of nitrogens with zero attached hydrogens (tertiary/aromatic N) is 2. The lowest BCUT2D eigenvalue weighted by molar-refractivity contribution is -0.984. The Morgan fingerprint density at radius 2 is 2.06 bits per heavy atom. The quantitative estimate of drug-likeness (QED) is 0.460. The molecule has 4 nitrogen and oxygen atoms in total. The Hall–Kier alpha value is -2.69. The Labute approximate surface area is 184 Å². The largest absolute Gasteiger partial charge is 0.497 e. The third-order valence-electron chi connectivity index (χ3n) is 7.68. The van der Waals surface area contributed by atoms with Gasteiger partial charge in [0.1, 0.15) is 24.4 Å². The summed E-state index contributed by atoms with van der Waals surface area (Å²) in [6.45, 7) is 7.25. The molecule has 160 valence electrons. The molecule has 1 aromatic heterocycles. The smallest absolute Gasteiger partial charge is 0.131 e. The zero-order valence-corrected chi connectivity index (χ0v) is 18.2. The number of hydrogen-bond donors (Lipinski definition) is 1. The van der Waals surface area contributed by atoms with Crippen LogP contribution < -0.4 is 4.74 Å². The van der Waals surface area contributed by atoms with E-state index in [9.17, 15) is 5.11 Å². The van der Waals surface area contributed by atoms with Gasteiger partial charge in [0.25, 0.3) is 0 Å². The molecule has 0 spiro atoms. The molecule has 4 heteroatoms. The standard InChI is InChI=1S/C27H31N2O2/c1-3-20-18-29(17-19-7-5-4-6-8-19)14-12-21(20)15-26(29)27(30)23-11-13-28-25-10-9-22(31-2)16-24(23)25/h3-11,13,16,20-21,26-27,30H,1,12,14-15,17-18H2,2H3/q+1/t20-,21-,26+,27-,29+/m0/s1. The van der Waals surface area contributed by atoms with Gasteiger partial charge in [0.05, 0.1) is 25.7 Å². The van der Waals surface area contributed by atoms with Crippen LogP contribution in [-0.2, 0) is 6.54 Å². The van der Waals surface area contributed by atoms with Gasteiger partial charge < -0.3 is 14.3 Å². The van der Waals surface area contributed by atoms with Crippen molar-refractivity contribution < 1.29 is 14.3 Å². The lowest BCUT2D eigenvalue weighted by atomic mass is 9.71. The summed E-state index contributed by atoms with van der Waals surface area (Å²) in [6, 6.07) is 18.8. The van der Waals surface area contributed by atoms with Crippen molar-refractivity contribution in [2.24, 2.45) is 11.8 Å². The second kappa shape index (κ2) is 8.10. The Bertz CT molecular complexity index is 1080. The van der Waals surface area contributed by atoms with E-state index in [1.54, 1.807) is 7.11 Å². The molecule has 0 unspecified atom stereocenters. The number of rotatable bonds is 6. The van der Waals surface area contributed by atoms with E-state index >= 15 is 0 Å². The molecule has 4 heterocycles. The predicted octanol–water partition coefficient (Wildman–Crippen LogP) is 4.89. The van der Waals surface area contributed by atoms with E-state index < -0.39 is 6.10 Å². The van der Waals surface area contributed by atoms with Crippen molar-refractivity contribution in [3.63, 3.8) is 0 Å². The van der Waals surface area contributed by atoms with Crippen LogP contribution in [-0.4, -0.2) is 40.8 Å². The van der Waals surface area contributed by atoms with Gasteiger partial charge in [-0.25, -0.2) is 0 Å². The predicted molar refractivity (Wildman–Crippen MR) is 124 cm³/mol. The van der Waals surface area contributed by atoms with Crippen LogP contribution in [0.2, 0.25) is 0 Å². The van der Waals surface area contributed by atoms with Crippen molar-refractivity contribution in [3.05, 3.63) is 84.6 Å². The summed E-state index contributed by atoms with van der Waals surface area (Å²) in [6.07, 6.45) is 5.65. The number of fused-ring (bicyclic) bond motifs is 4. The molecular weight excluding hydrogens is 384 g/mol. The van der Waals surface area contributed by atoms with Gasteiger partial charge in [0, 0.05) is 35.9 Å². The zero-order valence-electron chi connectivity index (χ0n) is 18.2. The lowest BCUT2D eigenvalue weighted by Crippen LogP contribution is -2.67. The van der Waals surface area contributed by atoms with Crippen molar-refractivity contribution in [1.29, 1.82) is 0 Å². The first-order valence-corrected chi connectivity index (χ1v) is 11.3. The number of aromatic nitrogens is 1. The second-order valence-corrected chi connectivity index (χ2v) is 9.25. The second-order valence-electron chi connectivity index (χ2n) is 9.25. The first-order valence-electron chi connectivity index (χ1n) is 11.3. The van der Waals surface area contributed by atoms with Crippen molar-refractivity contribution in [1.82, 2.24) is 4.98 Å². The number of ether oxygens (including phenoxy) is 1. The summed E-state index contributed by atoms with van der Waals surface area (Å²) in [7, 11) is 1.68. The molecule has 31 heavy (non-hydrogen) atoms. The molecular formula is C27H31N2O2+. The van der Waals surface area contributed by atoms with E-state index in [0.29, 0.717) is 11.8 Å². The molecule has 0 radical (unpaired) electrons. The van der Waals surface area contributed by atoms with Crippen LogP contribution in [0.3, 0.4) is 0 Å². The summed E-state index contributed by atoms with van der Waals surface area (Å²) >= 11 is 0. The van der Waals surface area contributed by atoms with Crippen LogP contribution in [0, 0.1) is 11.8 Å². The van der Waals surface area contributed by atoms with Crippen molar-refractivity contribution in [2.45, 2.75) is 31.5 Å². The lowest BCUT2D eigenvalue weighted by Gasteiger charge is -2.58. The van der Waals surface area contributed by atoms with Crippen LogP contribution in [0.4, 0.5) is 0 Å². The van der Waals surface area contributed by atoms with Gasteiger partial charge in [-0.3, -0.25) is 4.98 Å². The Kier molecular flexibility index (Phi) is 5.28. The van der Waals surface area contributed by atoms with E-state index in [4.69, 9.17) is 4.74 Å². The van der Waals surface area contributed by atoms with Gasteiger partial charge in [0.2, 0.25) is 0 Å². The molecule has 3 aliphatic heterocycles. The molecule has 0 aliphatic carbocycles. The molecule has 1 N–H and O–H groups in total. The maximum Gasteiger partial charge on any atom is 0.131 e. The van der Waals surface area contributed by atoms with Gasteiger partial charge in [-0.15, -0.1) is 6.58 Å². The SMILES string of the molecule is C=C[C@H]1C[N@+]2(Cc3ccccc3)CC[C@H]1C[C@@H]2[C@@H](O)c1ccnc2ccc(OC)cc12. The number of hydrogen-bond acceptors (Lipinski definition) is 3. The Balaban J connectivity index is 1.56. The number of aliphatic hydroxyl groups is 1. The van der Waals surface area contributed by atoms with Crippen LogP contribution in [0.1, 0.15) is 30.1 Å². The normalized spacial score (nSPS) is 28.4. The molecule has 3 aromatic rings. The third kappa shape index (κ3) is 3.54. The number of benzene rings is 2. The van der Waals surface area contributed by atoms with Crippen molar-refractivity contribution in [2.75, 3.05) is 20.2 Å². The minimum absolute atomic E-state index is 0.159. The molecule has 3 saturated heterocycles. The number of aliphatic hydroxyl groups excluding tert-OH is 1. The maximum atomic E-state index is 11.8. The molecule has 5 atom stereocenters. The first-order chi connectivity index (χ1) is 15.1. The Morgan fingerprint density at radius 1 is 1.23 bits per heavy atom. The molecule has 2 bridgehead atoms. The highest BCUT2D eigenvalue weighted by atomic mass is 16.5. The number of piperidine rings is 3. The van der Waals surface area contributed by atoms with Crippen LogP contribution in [0.25, 0.3) is 10.9 Å². The summed E-state index contributed by atoms with van der Waals surface area (Å²) in [5, 5.41) is 12.8. The van der Waals surface area contributed by atoms with E-state index in [0.717, 1.165) is 52.8 Å². The molecule has 2 aromatic carbocycles. The van der Waals surface area contributed by atoms with Gasteiger partial charge in [-0.05, 0) is 35.7 Å². The number of pyridine rings is 1. The molecule has 0 amide bonds. The van der Waals surface area contributed by atoms with Crippen molar-refractivity contribution in [3.8, 4) is 5.75 Å². The van der Waals surface area contributed by atoms with Crippen LogP contribution in [0.15, 0.2) is 73.4 Å². The molecule has 3 fully saturated rings. The number of quaternary nitrogens is 1. The molecule has 3 aliphatic rings. The highest BCUT2D eigenvalue weighted by Gasteiger charge is 2.53. The maximum absolute atomic E-state index is 11.8. The topological polar surface area (TPSA) is 42.4 Å². The van der Waals surface area contributed by atoms with Crippen LogP contribution in [0.5, 0.6) is 5.75 Å².